The summed E-state index contributed by atoms with van der Waals surface area (Å²) >= 11 is 0. The first-order valence-corrected chi connectivity index (χ1v) is 10.8. The highest BCUT2D eigenvalue weighted by atomic mass is 19.1. The molecule has 1 aliphatic carbocycles. The minimum Gasteiger partial charge on any atom is -0.356 e. The quantitative estimate of drug-likeness (QED) is 0.538. The highest BCUT2D eigenvalue weighted by Gasteiger charge is 2.30. The Morgan fingerprint density at radius 3 is 2.52 bits per heavy atom. The molecule has 1 amide bonds. The molecule has 2 fully saturated rings. The summed E-state index contributed by atoms with van der Waals surface area (Å²) in [6.07, 6.45) is 4.19. The predicted molar refractivity (Wildman–Crippen MR) is 115 cm³/mol. The molecule has 160 valence electrons. The minimum absolute atomic E-state index is 0.190. The molecule has 29 heavy (non-hydrogen) atoms. The summed E-state index contributed by atoms with van der Waals surface area (Å²) in [5.41, 5.74) is 2.12. The van der Waals surface area contributed by atoms with Crippen LogP contribution >= 0.6 is 0 Å². The third-order valence-electron chi connectivity index (χ3n) is 6.07. The zero-order chi connectivity index (χ0) is 20.6. The molecule has 0 spiro atoms. The Hall–Kier alpha value is -2.15. The summed E-state index contributed by atoms with van der Waals surface area (Å²) in [5, 5.41) is 6.67. The normalized spacial score (nSPS) is 18.4. The van der Waals surface area contributed by atoms with Crippen molar-refractivity contribution in [3.8, 4) is 0 Å². The fraction of sp³-hybridized carbons (Fsp3) is 0.636. The number of benzene rings is 1. The van der Waals surface area contributed by atoms with Crippen molar-refractivity contribution in [1.82, 2.24) is 20.4 Å². The third-order valence-corrected chi connectivity index (χ3v) is 6.07. The minimum atomic E-state index is -0.190. The van der Waals surface area contributed by atoms with Crippen LogP contribution in [0.4, 0.5) is 4.39 Å². The van der Waals surface area contributed by atoms with E-state index in [9.17, 15) is 9.18 Å². The largest absolute Gasteiger partial charge is 0.356 e. The monoisotopic (exact) mass is 403 g/mol. The molecule has 1 aromatic carbocycles. The van der Waals surface area contributed by atoms with Crippen LogP contribution in [0.2, 0.25) is 0 Å². The number of carbonyl (C=O) groups is 1. The molecule has 0 radical (unpaired) electrons. The van der Waals surface area contributed by atoms with Gasteiger partial charge < -0.3 is 15.5 Å². The molecule has 1 aliphatic heterocycles. The van der Waals surface area contributed by atoms with Gasteiger partial charge in [0.15, 0.2) is 5.96 Å². The summed E-state index contributed by atoms with van der Waals surface area (Å²) in [6, 6.07) is 4.93. The Labute approximate surface area is 173 Å². The van der Waals surface area contributed by atoms with E-state index in [0.717, 1.165) is 82.2 Å². The van der Waals surface area contributed by atoms with Crippen molar-refractivity contribution in [2.45, 2.75) is 32.6 Å². The number of nitrogens with one attached hydrogen (secondary N) is 2. The summed E-state index contributed by atoms with van der Waals surface area (Å²) < 4.78 is 13.2. The molecule has 7 heteroatoms. The number of hydrogen-bond donors (Lipinski definition) is 2. The first-order chi connectivity index (χ1) is 14.1. The highest BCUT2D eigenvalue weighted by Crippen LogP contribution is 2.28. The molecule has 2 aliphatic rings. The van der Waals surface area contributed by atoms with Gasteiger partial charge in [0.2, 0.25) is 5.91 Å². The standard InChI is InChI=1S/C22H34FN5O/c1-17-16-20(23)7-6-18(17)8-9-25-22(24-2)26-10-11-27-12-14-28(15-13-27)21(29)19-4-3-5-19/h6-7,16,19H,3-5,8-15H2,1-2H3,(H2,24,25,26). The van der Waals surface area contributed by atoms with E-state index in [1.54, 1.807) is 13.1 Å². The average Bonchev–Trinajstić information content (AvgIpc) is 2.67. The van der Waals surface area contributed by atoms with E-state index in [1.165, 1.54) is 12.5 Å². The molecule has 1 saturated heterocycles. The van der Waals surface area contributed by atoms with E-state index in [2.05, 4.69) is 20.5 Å². The Balaban J connectivity index is 1.30. The zero-order valence-electron chi connectivity index (χ0n) is 17.7. The van der Waals surface area contributed by atoms with Crippen molar-refractivity contribution in [2.24, 2.45) is 10.9 Å². The topological polar surface area (TPSA) is 60.0 Å². The van der Waals surface area contributed by atoms with Crippen molar-refractivity contribution in [2.75, 3.05) is 52.9 Å². The van der Waals surface area contributed by atoms with Crippen molar-refractivity contribution in [3.63, 3.8) is 0 Å². The van der Waals surface area contributed by atoms with Crippen LogP contribution in [-0.2, 0) is 11.2 Å². The van der Waals surface area contributed by atoms with Crippen LogP contribution in [0.3, 0.4) is 0 Å². The molecule has 0 bridgehead atoms. The average molecular weight is 404 g/mol. The van der Waals surface area contributed by atoms with Gasteiger partial charge in [0.05, 0.1) is 0 Å². The van der Waals surface area contributed by atoms with E-state index in [1.807, 2.05) is 17.9 Å². The van der Waals surface area contributed by atoms with Crippen LogP contribution in [0.1, 0.15) is 30.4 Å². The number of rotatable bonds is 7. The van der Waals surface area contributed by atoms with Crippen LogP contribution in [0.25, 0.3) is 0 Å². The number of carbonyl (C=O) groups excluding carboxylic acids is 1. The smallest absolute Gasteiger partial charge is 0.225 e. The zero-order valence-corrected chi connectivity index (χ0v) is 17.7. The molecule has 3 rings (SSSR count). The number of amides is 1. The number of aryl methyl sites for hydroxylation is 1. The van der Waals surface area contributed by atoms with Crippen molar-refractivity contribution < 1.29 is 9.18 Å². The van der Waals surface area contributed by atoms with Crippen LogP contribution in [-0.4, -0.2) is 74.5 Å². The number of piperazine rings is 1. The van der Waals surface area contributed by atoms with Crippen LogP contribution in [0.15, 0.2) is 23.2 Å². The third kappa shape index (κ3) is 6.16. The second-order valence-corrected chi connectivity index (χ2v) is 8.04. The lowest BCUT2D eigenvalue weighted by atomic mass is 9.84. The molecular weight excluding hydrogens is 369 g/mol. The number of aliphatic imine (C=N–C) groups is 1. The van der Waals surface area contributed by atoms with Gasteiger partial charge in [0, 0.05) is 58.8 Å². The lowest BCUT2D eigenvalue weighted by molar-refractivity contribution is -0.139. The lowest BCUT2D eigenvalue weighted by Gasteiger charge is -2.38. The Morgan fingerprint density at radius 1 is 1.17 bits per heavy atom. The molecule has 1 aromatic rings. The molecule has 6 nitrogen and oxygen atoms in total. The Morgan fingerprint density at radius 2 is 1.90 bits per heavy atom. The van der Waals surface area contributed by atoms with Gasteiger partial charge in [-0.1, -0.05) is 12.5 Å². The molecule has 1 saturated carbocycles. The van der Waals surface area contributed by atoms with Crippen molar-refractivity contribution in [1.29, 1.82) is 0 Å². The maximum absolute atomic E-state index is 13.2. The van der Waals surface area contributed by atoms with Gasteiger partial charge in [-0.05, 0) is 49.4 Å². The second kappa shape index (κ2) is 10.6. The van der Waals surface area contributed by atoms with Crippen LogP contribution in [0.5, 0.6) is 0 Å². The fourth-order valence-corrected chi connectivity index (χ4v) is 3.91. The summed E-state index contributed by atoms with van der Waals surface area (Å²) in [5.74, 6) is 1.26. The van der Waals surface area contributed by atoms with Crippen LogP contribution in [0, 0.1) is 18.7 Å². The number of hydrogen-bond acceptors (Lipinski definition) is 3. The Bertz CT molecular complexity index is 711. The highest BCUT2D eigenvalue weighted by molar-refractivity contribution is 5.80. The molecule has 2 N–H and O–H groups in total. The van der Waals surface area contributed by atoms with Crippen molar-refractivity contribution >= 4 is 11.9 Å². The van der Waals surface area contributed by atoms with E-state index in [4.69, 9.17) is 0 Å². The van der Waals surface area contributed by atoms with E-state index >= 15 is 0 Å². The maximum Gasteiger partial charge on any atom is 0.225 e. The predicted octanol–water partition coefficient (Wildman–Crippen LogP) is 1.79. The molecule has 0 atom stereocenters. The van der Waals surface area contributed by atoms with Gasteiger partial charge in [-0.2, -0.15) is 0 Å². The van der Waals surface area contributed by atoms with Gasteiger partial charge in [0.25, 0.3) is 0 Å². The number of halogens is 1. The first kappa shape index (κ1) is 21.6. The maximum atomic E-state index is 13.2. The van der Waals surface area contributed by atoms with Gasteiger partial charge in [-0.3, -0.25) is 14.7 Å². The summed E-state index contributed by atoms with van der Waals surface area (Å²) in [6.45, 7) is 8.00. The Kier molecular flexibility index (Phi) is 7.86. The van der Waals surface area contributed by atoms with Gasteiger partial charge >= 0.3 is 0 Å². The van der Waals surface area contributed by atoms with E-state index in [0.29, 0.717) is 11.8 Å². The van der Waals surface area contributed by atoms with Gasteiger partial charge in [0.1, 0.15) is 5.82 Å². The van der Waals surface area contributed by atoms with E-state index in [-0.39, 0.29) is 5.82 Å². The van der Waals surface area contributed by atoms with Gasteiger partial charge in [-0.15, -0.1) is 0 Å². The fourth-order valence-electron chi connectivity index (χ4n) is 3.91. The number of nitrogens with zero attached hydrogens (tertiary/aromatic N) is 3. The van der Waals surface area contributed by atoms with E-state index < -0.39 is 0 Å². The summed E-state index contributed by atoms with van der Waals surface area (Å²) in [7, 11) is 1.77. The molecule has 0 aromatic heterocycles. The second-order valence-electron chi connectivity index (χ2n) is 8.04. The molecule has 0 unspecified atom stereocenters. The SMILES string of the molecule is CN=C(NCCc1ccc(F)cc1C)NCCN1CCN(C(=O)C2CCC2)CC1. The van der Waals surface area contributed by atoms with Crippen LogP contribution < -0.4 is 10.6 Å². The first-order valence-electron chi connectivity index (χ1n) is 10.8. The molecule has 1 heterocycles. The number of guanidine groups is 1. The van der Waals surface area contributed by atoms with Crippen molar-refractivity contribution in [3.05, 3.63) is 35.1 Å². The molecular formula is C22H34FN5O. The lowest BCUT2D eigenvalue weighted by Crippen LogP contribution is -2.52. The van der Waals surface area contributed by atoms with Gasteiger partial charge in [-0.25, -0.2) is 4.39 Å². The summed E-state index contributed by atoms with van der Waals surface area (Å²) in [4.78, 5) is 21.0.